The van der Waals surface area contributed by atoms with Gasteiger partial charge in [0.25, 0.3) is 0 Å². The highest BCUT2D eigenvalue weighted by Crippen LogP contribution is 2.12. The molecule has 0 aliphatic carbocycles. The van der Waals surface area contributed by atoms with Crippen molar-refractivity contribution in [2.45, 2.75) is 71.3 Å². The van der Waals surface area contributed by atoms with Crippen LogP contribution in [0.25, 0.3) is 10.4 Å². The zero-order chi connectivity index (χ0) is 29.2. The first-order valence-electron chi connectivity index (χ1n) is 13.3. The van der Waals surface area contributed by atoms with Crippen molar-refractivity contribution in [2.75, 3.05) is 66.0 Å². The summed E-state index contributed by atoms with van der Waals surface area (Å²) in [4.78, 5) is 50.6. The average molecular weight is 561 g/mol. The molecule has 0 aromatic rings. The van der Waals surface area contributed by atoms with Crippen LogP contribution in [0, 0.1) is 0 Å². The van der Waals surface area contributed by atoms with Crippen LogP contribution in [0.2, 0.25) is 0 Å². The minimum Gasteiger partial charge on any atom is -0.466 e. The first-order valence-corrected chi connectivity index (χ1v) is 13.3. The van der Waals surface area contributed by atoms with Gasteiger partial charge in [0.2, 0.25) is 5.91 Å². The van der Waals surface area contributed by atoms with E-state index in [4.69, 9.17) is 34.0 Å². The molecular weight excluding hydrogens is 516 g/mol. The number of amides is 1. The molecule has 0 saturated carbocycles. The Hall–Kier alpha value is -2.93. The van der Waals surface area contributed by atoms with E-state index in [1.165, 1.54) is 0 Å². The number of unbranched alkanes of at least 4 members (excludes halogenated alkanes) is 2. The van der Waals surface area contributed by atoms with Crippen LogP contribution in [0.5, 0.6) is 0 Å². The third-order valence-corrected chi connectivity index (χ3v) is 5.03. The van der Waals surface area contributed by atoms with Crippen molar-refractivity contribution in [3.63, 3.8) is 0 Å². The summed E-state index contributed by atoms with van der Waals surface area (Å²) in [6.07, 6.45) is 2.20. The molecule has 0 aromatic carbocycles. The molecule has 0 fully saturated rings. The Morgan fingerprint density at radius 3 is 1.51 bits per heavy atom. The maximum absolute atomic E-state index is 12.8. The molecule has 0 aliphatic heterocycles. The zero-order valence-corrected chi connectivity index (χ0v) is 23.4. The van der Waals surface area contributed by atoms with Gasteiger partial charge in [-0.05, 0) is 39.1 Å². The molecule has 0 bridgehead atoms. The lowest BCUT2D eigenvalue weighted by atomic mass is 10.0. The Morgan fingerprint density at radius 2 is 1.13 bits per heavy atom. The highest BCUT2D eigenvalue weighted by atomic mass is 16.5. The van der Waals surface area contributed by atoms with Gasteiger partial charge in [-0.2, -0.15) is 0 Å². The summed E-state index contributed by atoms with van der Waals surface area (Å²) in [5.74, 6) is -1.52. The van der Waals surface area contributed by atoms with Crippen molar-refractivity contribution < 1.29 is 47.6 Å². The van der Waals surface area contributed by atoms with Crippen LogP contribution < -0.4 is 5.32 Å². The van der Waals surface area contributed by atoms with Gasteiger partial charge in [0.1, 0.15) is 5.54 Å². The van der Waals surface area contributed by atoms with Crippen LogP contribution in [0.1, 0.15) is 65.7 Å². The lowest BCUT2D eigenvalue weighted by molar-refractivity contribution is -0.145. The van der Waals surface area contributed by atoms with Gasteiger partial charge in [0.15, 0.2) is 0 Å². The molecule has 0 atom stereocenters. The predicted octanol–water partition coefficient (Wildman–Crippen LogP) is 2.62. The van der Waals surface area contributed by atoms with Crippen molar-refractivity contribution in [1.82, 2.24) is 5.32 Å². The lowest BCUT2D eigenvalue weighted by Gasteiger charge is -2.34. The van der Waals surface area contributed by atoms with Crippen LogP contribution >= 0.6 is 0 Å². The summed E-state index contributed by atoms with van der Waals surface area (Å²) >= 11 is 0. The van der Waals surface area contributed by atoms with Gasteiger partial charge in [0.05, 0.1) is 78.7 Å². The van der Waals surface area contributed by atoms with Gasteiger partial charge in [-0.1, -0.05) is 11.5 Å². The van der Waals surface area contributed by atoms with Crippen LogP contribution in [-0.2, 0) is 47.6 Å². The molecule has 0 unspecified atom stereocenters. The maximum atomic E-state index is 12.8. The summed E-state index contributed by atoms with van der Waals surface area (Å²) in [5, 5.41) is 6.40. The van der Waals surface area contributed by atoms with Gasteiger partial charge >= 0.3 is 17.9 Å². The Labute approximate surface area is 230 Å². The van der Waals surface area contributed by atoms with E-state index < -0.39 is 23.4 Å². The third-order valence-electron chi connectivity index (χ3n) is 5.03. The fourth-order valence-electron chi connectivity index (χ4n) is 3.25. The fraction of sp³-hybridized carbons (Fsp3) is 0.840. The molecule has 0 spiro atoms. The van der Waals surface area contributed by atoms with Gasteiger partial charge in [0, 0.05) is 17.9 Å². The molecule has 14 heteroatoms. The summed E-state index contributed by atoms with van der Waals surface area (Å²) in [6, 6.07) is 0. The number of azide groups is 1. The topological polar surface area (TPSA) is 184 Å². The molecule has 14 nitrogen and oxygen atoms in total. The highest BCUT2D eigenvalue weighted by Gasteiger charge is 2.34. The number of rotatable bonds is 25. The minimum absolute atomic E-state index is 0.0243. The number of nitrogens with one attached hydrogen (secondary N) is 1. The number of nitrogens with zero attached hydrogens (tertiary/aromatic N) is 3. The van der Waals surface area contributed by atoms with Gasteiger partial charge in [-0.25, -0.2) is 0 Å². The zero-order valence-electron chi connectivity index (χ0n) is 23.4. The molecule has 224 valence electrons. The van der Waals surface area contributed by atoms with Crippen molar-refractivity contribution in [3.8, 4) is 0 Å². The number of carbonyl (C=O) groups excluding carboxylic acids is 4. The van der Waals surface area contributed by atoms with E-state index in [1.807, 2.05) is 0 Å². The molecule has 0 saturated heterocycles. The van der Waals surface area contributed by atoms with E-state index in [2.05, 4.69) is 15.3 Å². The SMILES string of the molecule is CCOC(=O)CCOCC(COCCC(=O)OCC)(COCCC(=O)OCC)NC(=O)CCCCCN=[N+]=[N-]. The van der Waals surface area contributed by atoms with Gasteiger partial charge in [-0.15, -0.1) is 0 Å². The minimum atomic E-state index is -1.17. The maximum Gasteiger partial charge on any atom is 0.308 e. The molecule has 0 radical (unpaired) electrons. The summed E-state index contributed by atoms with van der Waals surface area (Å²) in [5.41, 5.74) is 7.19. The van der Waals surface area contributed by atoms with Gasteiger partial charge < -0.3 is 33.7 Å². The number of ether oxygens (including phenoxy) is 6. The van der Waals surface area contributed by atoms with E-state index in [1.54, 1.807) is 20.8 Å². The average Bonchev–Trinajstić information content (AvgIpc) is 2.89. The first-order chi connectivity index (χ1) is 18.8. The third kappa shape index (κ3) is 20.7. The van der Waals surface area contributed by atoms with Crippen molar-refractivity contribution >= 4 is 23.8 Å². The normalized spacial score (nSPS) is 10.8. The van der Waals surface area contributed by atoms with E-state index >= 15 is 0 Å². The Balaban J connectivity index is 5.31. The fourth-order valence-corrected chi connectivity index (χ4v) is 3.25. The largest absolute Gasteiger partial charge is 0.466 e. The second-order valence-corrected chi connectivity index (χ2v) is 8.42. The van der Waals surface area contributed by atoms with Crippen molar-refractivity contribution in [3.05, 3.63) is 10.4 Å². The highest BCUT2D eigenvalue weighted by molar-refractivity contribution is 5.76. The quantitative estimate of drug-likeness (QED) is 0.0434. The Morgan fingerprint density at radius 1 is 0.692 bits per heavy atom. The molecule has 1 N–H and O–H groups in total. The molecule has 0 aromatic heterocycles. The number of hydrogen-bond donors (Lipinski definition) is 1. The van der Waals surface area contributed by atoms with Crippen molar-refractivity contribution in [2.24, 2.45) is 5.11 Å². The van der Waals surface area contributed by atoms with Crippen molar-refractivity contribution in [1.29, 1.82) is 0 Å². The van der Waals surface area contributed by atoms with E-state index in [9.17, 15) is 19.2 Å². The lowest BCUT2D eigenvalue weighted by Crippen LogP contribution is -2.58. The Kier molecular flexibility index (Phi) is 22.3. The summed E-state index contributed by atoms with van der Waals surface area (Å²) < 4.78 is 31.9. The first kappa shape index (κ1) is 36.1. The number of esters is 3. The van der Waals surface area contributed by atoms with Crippen LogP contribution in [0.4, 0.5) is 0 Å². The summed E-state index contributed by atoms with van der Waals surface area (Å²) in [6.45, 7) is 6.18. The predicted molar refractivity (Wildman–Crippen MR) is 140 cm³/mol. The molecule has 0 heterocycles. The second kappa shape index (κ2) is 24.1. The number of hydrogen-bond acceptors (Lipinski definition) is 11. The van der Waals surface area contributed by atoms with E-state index in [0.717, 1.165) is 0 Å². The Bertz CT molecular complexity index is 695. The second-order valence-electron chi connectivity index (χ2n) is 8.42. The summed E-state index contributed by atoms with van der Waals surface area (Å²) in [7, 11) is 0. The molecule has 0 aliphatic rings. The number of carbonyl (C=O) groups is 4. The van der Waals surface area contributed by atoms with E-state index in [0.29, 0.717) is 25.8 Å². The molecule has 1 amide bonds. The van der Waals surface area contributed by atoms with E-state index in [-0.39, 0.29) is 91.1 Å². The van der Waals surface area contributed by atoms with Crippen LogP contribution in [0.15, 0.2) is 5.11 Å². The monoisotopic (exact) mass is 560 g/mol. The molecule has 39 heavy (non-hydrogen) atoms. The van der Waals surface area contributed by atoms with Crippen LogP contribution in [0.3, 0.4) is 0 Å². The smallest absolute Gasteiger partial charge is 0.308 e. The molecule has 0 rings (SSSR count). The van der Waals surface area contributed by atoms with Crippen LogP contribution in [-0.4, -0.2) is 95.4 Å². The molecular formula is C25H44N4O10. The standard InChI is InChI=1S/C25H44N4O10/c1-4-37-22(31)11-15-34-18-25(19-35-16-12-23(32)38-5-2,20-36-17-13-24(33)39-6-3)28-21(30)10-8-7-9-14-27-29-26/h4-20H2,1-3H3,(H,28,30). The van der Waals surface area contributed by atoms with Gasteiger partial charge in [-0.3, -0.25) is 19.2 Å².